The molecule has 4 rings (SSSR count). The number of nitrogens with zero attached hydrogens (tertiary/aromatic N) is 1. The van der Waals surface area contributed by atoms with Gasteiger partial charge in [0.2, 0.25) is 11.8 Å². The van der Waals surface area contributed by atoms with Crippen LogP contribution >= 0.6 is 0 Å². The molecule has 2 aromatic carbocycles. The van der Waals surface area contributed by atoms with Gasteiger partial charge in [0, 0.05) is 18.1 Å². The van der Waals surface area contributed by atoms with Crippen molar-refractivity contribution in [1.82, 2.24) is 0 Å². The van der Waals surface area contributed by atoms with Crippen LogP contribution in [0.2, 0.25) is 0 Å². The SMILES string of the molecule is Cc1ccc([C@@]2([C@H]3CC(=O)N(c4ccccc4)C3=O)C=CC(=O)O2)cc1C. The summed E-state index contributed by atoms with van der Waals surface area (Å²) >= 11 is 0. The van der Waals surface area contributed by atoms with Gasteiger partial charge in [-0.05, 0) is 43.2 Å². The summed E-state index contributed by atoms with van der Waals surface area (Å²) in [6, 6.07) is 14.5. The molecule has 2 aliphatic rings. The summed E-state index contributed by atoms with van der Waals surface area (Å²) in [5, 5.41) is 0. The van der Waals surface area contributed by atoms with E-state index in [1.807, 2.05) is 38.1 Å². The lowest BCUT2D eigenvalue weighted by Crippen LogP contribution is -2.40. The van der Waals surface area contributed by atoms with E-state index in [-0.39, 0.29) is 18.2 Å². The molecule has 5 nitrogen and oxygen atoms in total. The highest BCUT2D eigenvalue weighted by atomic mass is 16.6. The molecule has 0 bridgehead atoms. The van der Waals surface area contributed by atoms with Gasteiger partial charge in [-0.2, -0.15) is 0 Å². The van der Waals surface area contributed by atoms with Gasteiger partial charge in [-0.1, -0.05) is 36.4 Å². The topological polar surface area (TPSA) is 63.7 Å². The third-order valence-electron chi connectivity index (χ3n) is 5.37. The van der Waals surface area contributed by atoms with E-state index in [4.69, 9.17) is 4.74 Å². The molecule has 2 aromatic rings. The Morgan fingerprint density at radius 3 is 2.37 bits per heavy atom. The number of carbonyl (C=O) groups is 3. The molecule has 5 heteroatoms. The van der Waals surface area contributed by atoms with Gasteiger partial charge in [0.1, 0.15) is 0 Å². The Hall–Kier alpha value is -3.21. The number of hydrogen-bond acceptors (Lipinski definition) is 4. The van der Waals surface area contributed by atoms with Gasteiger partial charge in [0.25, 0.3) is 0 Å². The molecule has 0 spiro atoms. The van der Waals surface area contributed by atoms with Gasteiger partial charge < -0.3 is 4.74 Å². The second kappa shape index (κ2) is 6.20. The van der Waals surface area contributed by atoms with Gasteiger partial charge in [0.05, 0.1) is 11.6 Å². The third kappa shape index (κ3) is 2.67. The second-order valence-corrected chi connectivity index (χ2v) is 7.01. The average molecular weight is 361 g/mol. The lowest BCUT2D eigenvalue weighted by molar-refractivity contribution is -0.153. The summed E-state index contributed by atoms with van der Waals surface area (Å²) < 4.78 is 5.67. The zero-order chi connectivity index (χ0) is 19.2. The van der Waals surface area contributed by atoms with Crippen LogP contribution in [-0.4, -0.2) is 17.8 Å². The summed E-state index contributed by atoms with van der Waals surface area (Å²) in [5.74, 6) is -1.96. The maximum Gasteiger partial charge on any atom is 0.331 e. The fourth-order valence-electron chi connectivity index (χ4n) is 3.77. The van der Waals surface area contributed by atoms with Gasteiger partial charge >= 0.3 is 5.97 Å². The molecule has 1 fully saturated rings. The van der Waals surface area contributed by atoms with Crippen molar-refractivity contribution < 1.29 is 19.1 Å². The smallest absolute Gasteiger partial charge is 0.331 e. The molecular weight excluding hydrogens is 342 g/mol. The molecule has 0 aromatic heterocycles. The van der Waals surface area contributed by atoms with E-state index in [2.05, 4.69) is 0 Å². The quantitative estimate of drug-likeness (QED) is 0.622. The molecule has 2 atom stereocenters. The number of carbonyl (C=O) groups excluding carboxylic acids is 3. The summed E-state index contributed by atoms with van der Waals surface area (Å²) in [5.41, 5.74) is 2.10. The van der Waals surface area contributed by atoms with E-state index in [9.17, 15) is 14.4 Å². The van der Waals surface area contributed by atoms with E-state index >= 15 is 0 Å². The van der Waals surface area contributed by atoms with Crippen LogP contribution in [0.4, 0.5) is 5.69 Å². The van der Waals surface area contributed by atoms with Crippen LogP contribution in [0.25, 0.3) is 0 Å². The normalized spacial score (nSPS) is 24.6. The van der Waals surface area contributed by atoms with Crippen molar-refractivity contribution in [3.8, 4) is 0 Å². The second-order valence-electron chi connectivity index (χ2n) is 7.01. The first-order chi connectivity index (χ1) is 12.9. The first-order valence-electron chi connectivity index (χ1n) is 8.84. The fraction of sp³-hybridized carbons (Fsp3) is 0.227. The first-order valence-corrected chi connectivity index (χ1v) is 8.84. The zero-order valence-electron chi connectivity index (χ0n) is 15.1. The molecule has 0 N–H and O–H groups in total. The minimum absolute atomic E-state index is 0.0156. The first kappa shape index (κ1) is 17.2. The minimum atomic E-state index is -1.26. The average Bonchev–Trinajstić information content (AvgIpc) is 3.19. The highest BCUT2D eigenvalue weighted by Gasteiger charge is 2.55. The third-order valence-corrected chi connectivity index (χ3v) is 5.37. The molecule has 0 radical (unpaired) electrons. The van der Waals surface area contributed by atoms with Crippen molar-refractivity contribution in [3.05, 3.63) is 77.4 Å². The summed E-state index contributed by atoms with van der Waals surface area (Å²) in [7, 11) is 0. The van der Waals surface area contributed by atoms with Crippen LogP contribution in [0, 0.1) is 19.8 Å². The number of cyclic esters (lactones) is 1. The van der Waals surface area contributed by atoms with E-state index in [1.165, 1.54) is 11.0 Å². The number of para-hydroxylation sites is 1. The molecule has 27 heavy (non-hydrogen) atoms. The molecule has 0 unspecified atom stereocenters. The molecule has 2 heterocycles. The Labute approximate surface area is 157 Å². The van der Waals surface area contributed by atoms with Crippen LogP contribution in [0.15, 0.2) is 60.7 Å². The van der Waals surface area contributed by atoms with E-state index in [0.29, 0.717) is 11.3 Å². The van der Waals surface area contributed by atoms with Crippen molar-refractivity contribution in [1.29, 1.82) is 0 Å². The molecule has 136 valence electrons. The number of amides is 2. The number of rotatable bonds is 3. The Balaban J connectivity index is 1.79. The number of imide groups is 1. The molecule has 2 amide bonds. The zero-order valence-corrected chi connectivity index (χ0v) is 15.1. The largest absolute Gasteiger partial charge is 0.446 e. The van der Waals surface area contributed by atoms with Gasteiger partial charge in [0.15, 0.2) is 5.60 Å². The van der Waals surface area contributed by atoms with E-state index < -0.39 is 17.5 Å². The van der Waals surface area contributed by atoms with Crippen LogP contribution in [0.5, 0.6) is 0 Å². The number of hydrogen-bond donors (Lipinski definition) is 0. The Morgan fingerprint density at radius 1 is 1.00 bits per heavy atom. The summed E-state index contributed by atoms with van der Waals surface area (Å²) in [6.07, 6.45) is 2.93. The molecule has 2 aliphatic heterocycles. The molecular formula is C22H19NO4. The highest BCUT2D eigenvalue weighted by molar-refractivity contribution is 6.21. The number of anilines is 1. The maximum atomic E-state index is 13.2. The number of esters is 1. The molecule has 0 aliphatic carbocycles. The maximum absolute atomic E-state index is 13.2. The van der Waals surface area contributed by atoms with E-state index in [1.54, 1.807) is 30.3 Å². The number of ether oxygens (including phenoxy) is 1. The standard InChI is InChI=1S/C22H19NO4/c1-14-8-9-16(12-15(14)2)22(11-10-20(25)27-22)18-13-19(24)23(21(18)26)17-6-4-3-5-7-17/h3-12,18H,13H2,1-2H3/t18-,22+/m0/s1. The Morgan fingerprint density at radius 2 is 1.74 bits per heavy atom. The van der Waals surface area contributed by atoms with Crippen molar-refractivity contribution in [2.75, 3.05) is 4.90 Å². The van der Waals surface area contributed by atoms with Gasteiger partial charge in [-0.3, -0.25) is 14.5 Å². The summed E-state index contributed by atoms with van der Waals surface area (Å²) in [4.78, 5) is 39.0. The van der Waals surface area contributed by atoms with Crippen molar-refractivity contribution in [2.45, 2.75) is 25.9 Å². The van der Waals surface area contributed by atoms with Crippen LogP contribution in [0.3, 0.4) is 0 Å². The van der Waals surface area contributed by atoms with Crippen molar-refractivity contribution in [3.63, 3.8) is 0 Å². The Kier molecular flexibility index (Phi) is 3.95. The minimum Gasteiger partial charge on any atom is -0.446 e. The lowest BCUT2D eigenvalue weighted by Gasteiger charge is -2.32. The van der Waals surface area contributed by atoms with Gasteiger partial charge in [-0.25, -0.2) is 4.79 Å². The Bertz CT molecular complexity index is 979. The summed E-state index contributed by atoms with van der Waals surface area (Å²) in [6.45, 7) is 3.95. The monoisotopic (exact) mass is 361 g/mol. The number of benzene rings is 2. The predicted octanol–water partition coefficient (Wildman–Crippen LogP) is 3.19. The molecule has 1 saturated heterocycles. The van der Waals surface area contributed by atoms with Crippen molar-refractivity contribution in [2.24, 2.45) is 5.92 Å². The van der Waals surface area contributed by atoms with Crippen LogP contribution in [0.1, 0.15) is 23.1 Å². The fourth-order valence-corrected chi connectivity index (χ4v) is 3.77. The van der Waals surface area contributed by atoms with Crippen LogP contribution in [-0.2, 0) is 24.7 Å². The number of aryl methyl sites for hydroxylation is 2. The predicted molar refractivity (Wildman–Crippen MR) is 99.9 cm³/mol. The lowest BCUT2D eigenvalue weighted by atomic mass is 9.79. The van der Waals surface area contributed by atoms with Crippen LogP contribution < -0.4 is 4.90 Å². The highest BCUT2D eigenvalue weighted by Crippen LogP contribution is 2.45. The molecule has 0 saturated carbocycles. The van der Waals surface area contributed by atoms with Crippen molar-refractivity contribution >= 4 is 23.5 Å². The van der Waals surface area contributed by atoms with E-state index in [0.717, 1.165) is 11.1 Å². The van der Waals surface area contributed by atoms with Gasteiger partial charge in [-0.15, -0.1) is 0 Å².